The summed E-state index contributed by atoms with van der Waals surface area (Å²) in [4.78, 5) is 0. The number of aliphatic hydroxyl groups is 1. The Balaban J connectivity index is 2.02. The minimum absolute atomic E-state index is 0.0341. The Bertz CT molecular complexity index is 356. The zero-order valence-corrected chi connectivity index (χ0v) is 10.8. The Kier molecular flexibility index (Phi) is 4.18. The number of aliphatic hydroxyl groups excluding tert-OH is 1. The number of aromatic nitrogens is 2. The van der Waals surface area contributed by atoms with Crippen molar-refractivity contribution in [1.29, 1.82) is 0 Å². The molecule has 4 nitrogen and oxygen atoms in total. The summed E-state index contributed by atoms with van der Waals surface area (Å²) in [6.07, 6.45) is 8.44. The van der Waals surface area contributed by atoms with Crippen LogP contribution in [-0.2, 0) is 7.05 Å². The van der Waals surface area contributed by atoms with Gasteiger partial charge in [0.1, 0.15) is 0 Å². The molecule has 2 rings (SSSR count). The molecule has 0 spiro atoms. The molecule has 0 aliphatic heterocycles. The zero-order chi connectivity index (χ0) is 12.3. The third kappa shape index (κ3) is 3.07. The zero-order valence-electron chi connectivity index (χ0n) is 10.8. The summed E-state index contributed by atoms with van der Waals surface area (Å²) in [6, 6.07) is 0.590. The summed E-state index contributed by atoms with van der Waals surface area (Å²) >= 11 is 0. The SMILES string of the molecule is Cc1nn(C)cc1C(CO)NC1CCCCC1. The van der Waals surface area contributed by atoms with Gasteiger partial charge in [0.05, 0.1) is 18.3 Å². The average molecular weight is 237 g/mol. The van der Waals surface area contributed by atoms with E-state index < -0.39 is 0 Å². The van der Waals surface area contributed by atoms with E-state index in [9.17, 15) is 5.11 Å². The molecule has 1 fully saturated rings. The lowest BCUT2D eigenvalue weighted by Gasteiger charge is -2.27. The smallest absolute Gasteiger partial charge is 0.0642 e. The van der Waals surface area contributed by atoms with Crippen LogP contribution in [0, 0.1) is 6.92 Å². The first-order chi connectivity index (χ1) is 8.20. The van der Waals surface area contributed by atoms with Crippen molar-refractivity contribution in [3.63, 3.8) is 0 Å². The van der Waals surface area contributed by atoms with Gasteiger partial charge in [-0.05, 0) is 19.8 Å². The highest BCUT2D eigenvalue weighted by Crippen LogP contribution is 2.22. The topological polar surface area (TPSA) is 50.1 Å². The maximum absolute atomic E-state index is 9.54. The number of nitrogens with one attached hydrogen (secondary N) is 1. The predicted molar refractivity (Wildman–Crippen MR) is 67.8 cm³/mol. The van der Waals surface area contributed by atoms with Crippen molar-refractivity contribution in [2.24, 2.45) is 7.05 Å². The van der Waals surface area contributed by atoms with Gasteiger partial charge >= 0.3 is 0 Å². The molecule has 1 atom stereocenters. The summed E-state index contributed by atoms with van der Waals surface area (Å²) in [5.41, 5.74) is 2.13. The normalized spacial score (nSPS) is 19.5. The Morgan fingerprint density at radius 3 is 2.71 bits per heavy atom. The maximum atomic E-state index is 9.54. The van der Waals surface area contributed by atoms with E-state index in [2.05, 4.69) is 10.4 Å². The molecule has 1 unspecified atom stereocenters. The third-order valence-electron chi connectivity index (χ3n) is 3.65. The summed E-state index contributed by atoms with van der Waals surface area (Å²) in [5, 5.41) is 17.5. The van der Waals surface area contributed by atoms with Crippen LogP contribution in [0.3, 0.4) is 0 Å². The lowest BCUT2D eigenvalue weighted by molar-refractivity contribution is 0.220. The second kappa shape index (κ2) is 5.65. The van der Waals surface area contributed by atoms with Gasteiger partial charge in [0.25, 0.3) is 0 Å². The lowest BCUT2D eigenvalue weighted by atomic mass is 9.94. The highest BCUT2D eigenvalue weighted by molar-refractivity contribution is 5.20. The van der Waals surface area contributed by atoms with Crippen LogP contribution in [-0.4, -0.2) is 27.5 Å². The van der Waals surface area contributed by atoms with E-state index in [-0.39, 0.29) is 12.6 Å². The van der Waals surface area contributed by atoms with Gasteiger partial charge in [0.15, 0.2) is 0 Å². The molecule has 17 heavy (non-hydrogen) atoms. The van der Waals surface area contributed by atoms with Crippen molar-refractivity contribution in [3.8, 4) is 0 Å². The van der Waals surface area contributed by atoms with Crippen molar-refractivity contribution < 1.29 is 5.11 Å². The number of nitrogens with zero attached hydrogens (tertiary/aromatic N) is 2. The van der Waals surface area contributed by atoms with E-state index in [0.717, 1.165) is 11.3 Å². The molecule has 1 aliphatic carbocycles. The first-order valence-corrected chi connectivity index (χ1v) is 6.57. The first-order valence-electron chi connectivity index (χ1n) is 6.57. The molecule has 2 N–H and O–H groups in total. The van der Waals surface area contributed by atoms with Crippen LogP contribution in [0.25, 0.3) is 0 Å². The van der Waals surface area contributed by atoms with E-state index in [4.69, 9.17) is 0 Å². The number of hydrogen-bond acceptors (Lipinski definition) is 3. The third-order valence-corrected chi connectivity index (χ3v) is 3.65. The van der Waals surface area contributed by atoms with Gasteiger partial charge in [-0.1, -0.05) is 19.3 Å². The quantitative estimate of drug-likeness (QED) is 0.837. The minimum Gasteiger partial charge on any atom is -0.394 e. The fourth-order valence-electron chi connectivity index (χ4n) is 2.75. The van der Waals surface area contributed by atoms with Crippen molar-refractivity contribution in [1.82, 2.24) is 15.1 Å². The highest BCUT2D eigenvalue weighted by Gasteiger charge is 2.21. The molecule has 1 saturated carbocycles. The van der Waals surface area contributed by atoms with Crippen LogP contribution in [0.1, 0.15) is 49.4 Å². The molecule has 0 radical (unpaired) electrons. The molecular weight excluding hydrogens is 214 g/mol. The van der Waals surface area contributed by atoms with Crippen molar-refractivity contribution >= 4 is 0 Å². The molecule has 1 aromatic heterocycles. The van der Waals surface area contributed by atoms with E-state index in [1.165, 1.54) is 32.1 Å². The highest BCUT2D eigenvalue weighted by atomic mass is 16.3. The monoisotopic (exact) mass is 237 g/mol. The van der Waals surface area contributed by atoms with E-state index >= 15 is 0 Å². The van der Waals surface area contributed by atoms with E-state index in [0.29, 0.717) is 6.04 Å². The summed E-state index contributed by atoms with van der Waals surface area (Å²) in [7, 11) is 1.92. The molecule has 4 heteroatoms. The van der Waals surface area contributed by atoms with Crippen LogP contribution in [0.2, 0.25) is 0 Å². The van der Waals surface area contributed by atoms with Gasteiger partial charge in [-0.3, -0.25) is 4.68 Å². The molecule has 1 aliphatic rings. The molecule has 0 bridgehead atoms. The van der Waals surface area contributed by atoms with Crippen LogP contribution >= 0.6 is 0 Å². The lowest BCUT2D eigenvalue weighted by Crippen LogP contribution is -2.36. The van der Waals surface area contributed by atoms with Gasteiger partial charge < -0.3 is 10.4 Å². The second-order valence-corrected chi connectivity index (χ2v) is 5.08. The van der Waals surface area contributed by atoms with Gasteiger partial charge in [-0.15, -0.1) is 0 Å². The number of rotatable bonds is 4. The molecule has 1 aromatic rings. The minimum atomic E-state index is 0.0341. The number of aryl methyl sites for hydroxylation is 2. The number of hydrogen-bond donors (Lipinski definition) is 2. The second-order valence-electron chi connectivity index (χ2n) is 5.08. The predicted octanol–water partition coefficient (Wildman–Crippen LogP) is 1.68. The van der Waals surface area contributed by atoms with Gasteiger partial charge in [0, 0.05) is 24.8 Å². The molecule has 0 aromatic carbocycles. The fraction of sp³-hybridized carbons (Fsp3) is 0.769. The molecule has 0 saturated heterocycles. The molecule has 0 amide bonds. The van der Waals surface area contributed by atoms with Crippen LogP contribution in [0.15, 0.2) is 6.20 Å². The standard InChI is InChI=1S/C13H23N3O/c1-10-12(8-16(2)15-10)13(9-17)14-11-6-4-3-5-7-11/h8,11,13-14,17H,3-7,9H2,1-2H3. The van der Waals surface area contributed by atoms with Gasteiger partial charge in [-0.25, -0.2) is 0 Å². The Hall–Kier alpha value is -0.870. The Morgan fingerprint density at radius 1 is 1.47 bits per heavy atom. The van der Waals surface area contributed by atoms with Crippen LogP contribution in [0.4, 0.5) is 0 Å². The van der Waals surface area contributed by atoms with Crippen LogP contribution in [0.5, 0.6) is 0 Å². The fourth-order valence-corrected chi connectivity index (χ4v) is 2.75. The molecule has 96 valence electrons. The van der Waals surface area contributed by atoms with E-state index in [1.54, 1.807) is 0 Å². The molecular formula is C13H23N3O. The first kappa shape index (κ1) is 12.6. The molecule has 1 heterocycles. The van der Waals surface area contributed by atoms with Crippen LogP contribution < -0.4 is 5.32 Å². The van der Waals surface area contributed by atoms with Gasteiger partial charge in [0.2, 0.25) is 0 Å². The van der Waals surface area contributed by atoms with Crippen molar-refractivity contribution in [2.45, 2.75) is 51.1 Å². The summed E-state index contributed by atoms with van der Waals surface area (Å²) in [5.74, 6) is 0. The maximum Gasteiger partial charge on any atom is 0.0642 e. The largest absolute Gasteiger partial charge is 0.394 e. The summed E-state index contributed by atoms with van der Waals surface area (Å²) in [6.45, 7) is 2.14. The van der Waals surface area contributed by atoms with Crippen molar-refractivity contribution in [3.05, 3.63) is 17.5 Å². The average Bonchev–Trinajstić information content (AvgIpc) is 2.67. The Morgan fingerprint density at radius 2 is 2.18 bits per heavy atom. The van der Waals surface area contributed by atoms with Crippen molar-refractivity contribution in [2.75, 3.05) is 6.61 Å². The summed E-state index contributed by atoms with van der Waals surface area (Å²) < 4.78 is 1.82. The van der Waals surface area contributed by atoms with Gasteiger partial charge in [-0.2, -0.15) is 5.10 Å². The Labute approximate surface area is 103 Å². The van der Waals surface area contributed by atoms with E-state index in [1.807, 2.05) is 24.9 Å².